The molecule has 2 atom stereocenters. The number of carboxylic acid groups (broad SMARTS) is 1. The maximum atomic E-state index is 15.3. The minimum absolute atomic E-state index is 0.0677. The molecule has 2 aromatic rings. The molecule has 2 aliphatic rings. The number of nitrogens with zero attached hydrogens (tertiary/aromatic N) is 3. The Morgan fingerprint density at radius 3 is 2.67 bits per heavy atom. The third-order valence-electron chi connectivity index (χ3n) is 6.12. The maximum Gasteiger partial charge on any atom is 0.304 e. The number of piperazine rings is 1. The van der Waals surface area contributed by atoms with Crippen molar-refractivity contribution in [1.29, 1.82) is 0 Å². The van der Waals surface area contributed by atoms with Gasteiger partial charge in [0.25, 0.3) is 5.91 Å². The second kappa shape index (κ2) is 8.99. The Kier molecular flexibility index (Phi) is 6.26. The number of hydrogen-bond acceptors (Lipinski definition) is 7. The number of aromatic nitrogens is 1. The fourth-order valence-corrected chi connectivity index (χ4v) is 4.27. The number of ether oxygens (including phenoxy) is 1. The highest BCUT2D eigenvalue weighted by atomic mass is 19.1. The lowest BCUT2D eigenvalue weighted by Gasteiger charge is -2.37. The molecule has 3 heterocycles. The summed E-state index contributed by atoms with van der Waals surface area (Å²) in [7, 11) is 2.01. The van der Waals surface area contributed by atoms with Gasteiger partial charge in [-0.3, -0.25) is 19.8 Å². The first-order valence-electron chi connectivity index (χ1n) is 10.9. The van der Waals surface area contributed by atoms with E-state index in [4.69, 9.17) is 9.84 Å². The summed E-state index contributed by atoms with van der Waals surface area (Å²) in [6.45, 7) is 6.58. The third-order valence-corrected chi connectivity index (χ3v) is 6.12. The van der Waals surface area contributed by atoms with E-state index in [1.54, 1.807) is 11.5 Å². The number of carbonyl (C=O) groups excluding carboxylic acids is 1. The number of aliphatic carboxylic acids is 1. The van der Waals surface area contributed by atoms with Crippen molar-refractivity contribution in [2.75, 3.05) is 44.7 Å². The van der Waals surface area contributed by atoms with Crippen LogP contribution in [-0.4, -0.2) is 72.3 Å². The van der Waals surface area contributed by atoms with E-state index in [1.807, 2.05) is 18.9 Å². The molecule has 33 heavy (non-hydrogen) atoms. The van der Waals surface area contributed by atoms with Crippen molar-refractivity contribution in [3.05, 3.63) is 33.9 Å². The van der Waals surface area contributed by atoms with E-state index >= 15 is 4.39 Å². The van der Waals surface area contributed by atoms with Crippen LogP contribution in [0.2, 0.25) is 0 Å². The predicted octanol–water partition coefficient (Wildman–Crippen LogP) is 0.943. The summed E-state index contributed by atoms with van der Waals surface area (Å²) in [6.07, 6.45) is 1.26. The summed E-state index contributed by atoms with van der Waals surface area (Å²) in [5.41, 5.74) is 5.01. The number of hydrogen-bond donors (Lipinski definition) is 3. The van der Waals surface area contributed by atoms with Crippen LogP contribution >= 0.6 is 0 Å². The van der Waals surface area contributed by atoms with Gasteiger partial charge in [-0.15, -0.1) is 0 Å². The number of halogens is 1. The first-order valence-corrected chi connectivity index (χ1v) is 10.9. The molecule has 1 aromatic carbocycles. The lowest BCUT2D eigenvalue weighted by atomic mass is 10.0. The van der Waals surface area contributed by atoms with Gasteiger partial charge in [0, 0.05) is 38.4 Å². The van der Waals surface area contributed by atoms with Crippen molar-refractivity contribution in [2.45, 2.75) is 32.4 Å². The van der Waals surface area contributed by atoms with E-state index in [9.17, 15) is 14.4 Å². The highest BCUT2D eigenvalue weighted by molar-refractivity contribution is 6.00. The van der Waals surface area contributed by atoms with E-state index in [-0.39, 0.29) is 30.0 Å². The normalized spacial score (nSPS) is 19.3. The van der Waals surface area contributed by atoms with Gasteiger partial charge in [0.1, 0.15) is 17.9 Å². The van der Waals surface area contributed by atoms with E-state index in [0.29, 0.717) is 30.0 Å². The average Bonchev–Trinajstić information content (AvgIpc) is 2.76. The van der Waals surface area contributed by atoms with Crippen LogP contribution in [0.1, 0.15) is 36.7 Å². The fraction of sp³-hybridized carbons (Fsp3) is 0.500. The van der Waals surface area contributed by atoms with Crippen molar-refractivity contribution >= 4 is 28.5 Å². The van der Waals surface area contributed by atoms with Crippen molar-refractivity contribution in [2.24, 2.45) is 0 Å². The zero-order valence-electron chi connectivity index (χ0n) is 18.9. The molecule has 4 rings (SSSR count). The van der Waals surface area contributed by atoms with Gasteiger partial charge < -0.3 is 24.2 Å². The topological polar surface area (TPSA) is 116 Å². The summed E-state index contributed by atoms with van der Waals surface area (Å²) in [4.78, 5) is 40.8. The summed E-state index contributed by atoms with van der Waals surface area (Å²) in [5.74, 6) is -1.98. The van der Waals surface area contributed by atoms with Crippen molar-refractivity contribution in [3.8, 4) is 5.75 Å². The minimum Gasteiger partial charge on any atom is -0.487 e. The highest BCUT2D eigenvalue weighted by Gasteiger charge is 2.31. The predicted molar refractivity (Wildman–Crippen MR) is 120 cm³/mol. The zero-order valence-corrected chi connectivity index (χ0v) is 18.9. The number of pyridine rings is 1. The van der Waals surface area contributed by atoms with Gasteiger partial charge in [0.15, 0.2) is 11.6 Å². The summed E-state index contributed by atoms with van der Waals surface area (Å²) in [5, 5.41) is 8.92. The molecule has 0 aliphatic carbocycles. The Morgan fingerprint density at radius 1 is 1.30 bits per heavy atom. The van der Waals surface area contributed by atoms with Crippen LogP contribution in [0.15, 0.2) is 17.1 Å². The largest absolute Gasteiger partial charge is 0.487 e. The number of anilines is 1. The van der Waals surface area contributed by atoms with Gasteiger partial charge in [-0.1, -0.05) is 0 Å². The lowest BCUT2D eigenvalue weighted by molar-refractivity contribution is -0.137. The molecule has 3 N–H and O–H groups in total. The molecule has 0 unspecified atom stereocenters. The lowest BCUT2D eigenvalue weighted by Crippen LogP contribution is -2.46. The number of nitrogens with one attached hydrogen (secondary N) is 2. The Morgan fingerprint density at radius 2 is 2.00 bits per heavy atom. The molecular weight excluding hydrogens is 433 g/mol. The van der Waals surface area contributed by atoms with Crippen LogP contribution in [0.25, 0.3) is 10.9 Å². The van der Waals surface area contributed by atoms with Crippen LogP contribution in [0, 0.1) is 5.82 Å². The van der Waals surface area contributed by atoms with Gasteiger partial charge in [-0.25, -0.2) is 9.82 Å². The van der Waals surface area contributed by atoms with Gasteiger partial charge >= 0.3 is 5.97 Å². The van der Waals surface area contributed by atoms with Crippen molar-refractivity contribution < 1.29 is 23.8 Å². The molecule has 0 radical (unpaired) electrons. The Labute approximate surface area is 189 Å². The van der Waals surface area contributed by atoms with Gasteiger partial charge in [-0.05, 0) is 27.0 Å². The fourth-order valence-electron chi connectivity index (χ4n) is 4.27. The number of carbonyl (C=O) groups is 2. The quantitative estimate of drug-likeness (QED) is 0.545. The average molecular weight is 461 g/mol. The van der Waals surface area contributed by atoms with Crippen molar-refractivity contribution in [1.82, 2.24) is 20.3 Å². The number of rotatable bonds is 6. The second-order valence-corrected chi connectivity index (χ2v) is 8.76. The van der Waals surface area contributed by atoms with Crippen LogP contribution in [0.5, 0.6) is 5.75 Å². The van der Waals surface area contributed by atoms with E-state index < -0.39 is 29.2 Å². The molecule has 1 amide bonds. The Balaban J connectivity index is 1.76. The molecule has 1 fully saturated rings. The Bertz CT molecular complexity index is 1160. The maximum absolute atomic E-state index is 15.3. The van der Waals surface area contributed by atoms with E-state index in [2.05, 4.69) is 15.8 Å². The summed E-state index contributed by atoms with van der Waals surface area (Å²) in [6, 6.07) is 0.455. The Hall–Kier alpha value is -3.18. The molecule has 1 aromatic heterocycles. The molecule has 1 saturated heterocycles. The molecule has 0 spiro atoms. The van der Waals surface area contributed by atoms with Gasteiger partial charge in [0.2, 0.25) is 5.43 Å². The number of likely N-dealkylation sites (N-methyl/N-ethyl adjacent to an activating group) is 1. The van der Waals surface area contributed by atoms with Crippen LogP contribution in [0.3, 0.4) is 0 Å². The first-order chi connectivity index (χ1) is 15.7. The zero-order chi connectivity index (χ0) is 23.9. The van der Waals surface area contributed by atoms with Crippen LogP contribution < -0.4 is 25.9 Å². The van der Waals surface area contributed by atoms with E-state index in [1.165, 1.54) is 12.3 Å². The SMILES string of the molecule is C[C@@H](CC(=O)O)NNC(=O)c1cn2c3c(c(N4CCN(C)CC4)c(F)cc3c1=O)OC[C@@H]2C. The second-order valence-electron chi connectivity index (χ2n) is 8.76. The summed E-state index contributed by atoms with van der Waals surface area (Å²) < 4.78 is 23.1. The molecule has 0 saturated carbocycles. The smallest absolute Gasteiger partial charge is 0.304 e. The minimum atomic E-state index is -1.02. The van der Waals surface area contributed by atoms with Crippen molar-refractivity contribution in [3.63, 3.8) is 0 Å². The standard InChI is InChI=1S/C22H28FN5O5/c1-12(8-17(29)30)24-25-22(32)15-10-28-13(2)11-33-21-18(28)14(20(15)31)9-16(23)19(21)27-6-4-26(3)5-7-27/h9-10,12-13,24H,4-8,11H2,1-3H3,(H,25,32)(H,29,30)/t12-,13-/m0/s1. The third kappa shape index (κ3) is 4.38. The summed E-state index contributed by atoms with van der Waals surface area (Å²) >= 11 is 0. The number of carboxylic acids is 1. The number of amides is 1. The molecule has 11 heteroatoms. The highest BCUT2D eigenvalue weighted by Crippen LogP contribution is 2.42. The van der Waals surface area contributed by atoms with Crippen LogP contribution in [0.4, 0.5) is 10.1 Å². The van der Waals surface area contributed by atoms with Gasteiger partial charge in [0.05, 0.1) is 23.4 Å². The van der Waals surface area contributed by atoms with Crippen LogP contribution in [-0.2, 0) is 4.79 Å². The molecular formula is C22H28FN5O5. The first kappa shape index (κ1) is 23.0. The van der Waals surface area contributed by atoms with E-state index in [0.717, 1.165) is 13.1 Å². The van der Waals surface area contributed by atoms with Gasteiger partial charge in [-0.2, -0.15) is 0 Å². The molecule has 0 bridgehead atoms. The molecule has 178 valence electrons. The monoisotopic (exact) mass is 461 g/mol. The molecule has 2 aliphatic heterocycles. The number of hydrazine groups is 1. The molecule has 10 nitrogen and oxygen atoms in total. The number of benzene rings is 1.